The molecule has 1 aliphatic carbocycles. The normalized spacial score (nSPS) is 17.2. The summed E-state index contributed by atoms with van der Waals surface area (Å²) in [6.45, 7) is 2.25. The number of benzene rings is 2. The predicted molar refractivity (Wildman–Crippen MR) is 152 cm³/mol. The Hall–Kier alpha value is -3.83. The predicted octanol–water partition coefficient (Wildman–Crippen LogP) is 4.39. The molecule has 5 aromatic rings. The number of hydrogen-bond donors (Lipinski definition) is 3. The number of fused-ring (bicyclic) bond motifs is 4. The first-order chi connectivity index (χ1) is 19.0. The highest BCUT2D eigenvalue weighted by atomic mass is 32.2. The van der Waals surface area contributed by atoms with E-state index in [2.05, 4.69) is 26.7 Å². The van der Waals surface area contributed by atoms with Crippen LogP contribution in [0.2, 0.25) is 0 Å². The summed E-state index contributed by atoms with van der Waals surface area (Å²) in [7, 11) is -3.55. The number of sulfonamides is 1. The lowest BCUT2D eigenvalue weighted by atomic mass is 9.98. The van der Waals surface area contributed by atoms with Crippen molar-refractivity contribution in [2.24, 2.45) is 0 Å². The third-order valence-electron chi connectivity index (χ3n) is 7.45. The van der Waals surface area contributed by atoms with Crippen LogP contribution in [0.3, 0.4) is 0 Å². The SMILES string of the molecule is O=C(NC1c2ccccc2-c2c(-c3ccc(S(=O)(=O)N4CCNCC4)s3)cccc21)c1ccnc2[nH]ccc12. The van der Waals surface area contributed by atoms with Crippen molar-refractivity contribution in [2.45, 2.75) is 10.3 Å². The van der Waals surface area contributed by atoms with E-state index in [1.54, 1.807) is 28.8 Å². The molecule has 39 heavy (non-hydrogen) atoms. The van der Waals surface area contributed by atoms with Crippen molar-refractivity contribution in [2.75, 3.05) is 26.2 Å². The first-order valence-corrected chi connectivity index (χ1v) is 15.0. The highest BCUT2D eigenvalue weighted by molar-refractivity contribution is 7.91. The number of aromatic amines is 1. The number of nitrogens with one attached hydrogen (secondary N) is 3. The van der Waals surface area contributed by atoms with E-state index in [0.717, 1.165) is 38.1 Å². The molecule has 3 N–H and O–H groups in total. The molecule has 0 spiro atoms. The maximum Gasteiger partial charge on any atom is 0.252 e. The van der Waals surface area contributed by atoms with E-state index in [0.29, 0.717) is 41.6 Å². The van der Waals surface area contributed by atoms with E-state index in [1.807, 2.05) is 48.5 Å². The first kappa shape index (κ1) is 24.2. The lowest BCUT2D eigenvalue weighted by Gasteiger charge is -2.25. The summed E-state index contributed by atoms with van der Waals surface area (Å²) in [5.41, 5.74) is 6.24. The van der Waals surface area contributed by atoms with Gasteiger partial charge in [0.1, 0.15) is 9.86 Å². The van der Waals surface area contributed by atoms with E-state index in [4.69, 9.17) is 0 Å². The Balaban J connectivity index is 1.28. The molecule has 2 aromatic carbocycles. The van der Waals surface area contributed by atoms with Gasteiger partial charge in [-0.25, -0.2) is 13.4 Å². The average Bonchev–Trinajstić information content (AvgIpc) is 3.72. The molecule has 8 nitrogen and oxygen atoms in total. The van der Waals surface area contributed by atoms with Crippen LogP contribution >= 0.6 is 11.3 Å². The van der Waals surface area contributed by atoms with E-state index in [9.17, 15) is 13.2 Å². The standard InChI is InChI=1S/C29H25N5O3S2/c35-29(21-11-13-32-28-20(21)10-12-31-28)33-27-19-5-2-1-4-18(19)26-22(6-3-7-23(26)27)24-8-9-25(38-24)39(36,37)34-16-14-30-15-17-34/h1-13,27,30H,14-17H2,(H,31,32)(H,33,35). The van der Waals surface area contributed by atoms with Crippen molar-refractivity contribution in [3.8, 4) is 21.6 Å². The molecule has 0 radical (unpaired) electrons. The lowest BCUT2D eigenvalue weighted by Crippen LogP contribution is -2.46. The van der Waals surface area contributed by atoms with Gasteiger partial charge in [-0.05, 0) is 52.1 Å². The van der Waals surface area contributed by atoms with Crippen LogP contribution in [-0.2, 0) is 10.0 Å². The minimum atomic E-state index is -3.55. The Labute approximate surface area is 229 Å². The molecule has 0 saturated carbocycles. The molecular formula is C29H25N5O3S2. The summed E-state index contributed by atoms with van der Waals surface area (Å²) in [5, 5.41) is 7.23. The molecule has 1 amide bonds. The zero-order chi connectivity index (χ0) is 26.6. The number of piperazine rings is 1. The zero-order valence-corrected chi connectivity index (χ0v) is 22.5. The second-order valence-electron chi connectivity index (χ2n) is 9.63. The van der Waals surface area contributed by atoms with Gasteiger partial charge in [0.25, 0.3) is 15.9 Å². The molecule has 196 valence electrons. The lowest BCUT2D eigenvalue weighted by molar-refractivity contribution is 0.0945. The summed E-state index contributed by atoms with van der Waals surface area (Å²) >= 11 is 1.29. The van der Waals surface area contributed by atoms with Gasteiger partial charge in [0, 0.05) is 48.8 Å². The molecule has 1 unspecified atom stereocenters. The quantitative estimate of drug-likeness (QED) is 0.298. The van der Waals surface area contributed by atoms with Gasteiger partial charge in [-0.2, -0.15) is 4.31 Å². The highest BCUT2D eigenvalue weighted by Gasteiger charge is 2.33. The topological polar surface area (TPSA) is 107 Å². The first-order valence-electron chi connectivity index (χ1n) is 12.8. The van der Waals surface area contributed by atoms with Crippen molar-refractivity contribution < 1.29 is 13.2 Å². The van der Waals surface area contributed by atoms with Gasteiger partial charge in [-0.3, -0.25) is 4.79 Å². The minimum Gasteiger partial charge on any atom is -0.346 e. The molecule has 1 atom stereocenters. The van der Waals surface area contributed by atoms with Crippen molar-refractivity contribution >= 4 is 38.3 Å². The van der Waals surface area contributed by atoms with Crippen LogP contribution in [0, 0.1) is 0 Å². The Morgan fingerprint density at radius 1 is 0.949 bits per heavy atom. The Morgan fingerprint density at radius 2 is 1.74 bits per heavy atom. The van der Waals surface area contributed by atoms with Crippen LogP contribution in [0.1, 0.15) is 27.5 Å². The van der Waals surface area contributed by atoms with Crippen LogP contribution in [0.25, 0.3) is 32.6 Å². The van der Waals surface area contributed by atoms with Crippen molar-refractivity contribution in [1.29, 1.82) is 0 Å². The maximum atomic E-state index is 13.5. The average molecular weight is 556 g/mol. The number of nitrogens with zero attached hydrogens (tertiary/aromatic N) is 2. The number of amides is 1. The van der Waals surface area contributed by atoms with Gasteiger partial charge in [0.2, 0.25) is 0 Å². The molecule has 10 heteroatoms. The Morgan fingerprint density at radius 3 is 2.62 bits per heavy atom. The summed E-state index contributed by atoms with van der Waals surface area (Å²) in [4.78, 5) is 21.8. The third kappa shape index (κ3) is 3.99. The van der Waals surface area contributed by atoms with Crippen LogP contribution in [-0.4, -0.2) is 54.8 Å². The summed E-state index contributed by atoms with van der Waals surface area (Å²) in [6, 6.07) is 21.0. The second-order valence-corrected chi connectivity index (χ2v) is 12.9. The van der Waals surface area contributed by atoms with E-state index in [1.165, 1.54) is 11.3 Å². The van der Waals surface area contributed by atoms with Gasteiger partial charge in [0.05, 0.1) is 11.6 Å². The highest BCUT2D eigenvalue weighted by Crippen LogP contribution is 2.49. The Bertz CT molecular complexity index is 1840. The van der Waals surface area contributed by atoms with Gasteiger partial charge >= 0.3 is 0 Å². The number of carbonyl (C=O) groups is 1. The van der Waals surface area contributed by atoms with Crippen LogP contribution in [0.4, 0.5) is 0 Å². The Kier molecular flexibility index (Phi) is 5.85. The molecule has 1 aliphatic heterocycles. The summed E-state index contributed by atoms with van der Waals surface area (Å²) in [6.07, 6.45) is 3.41. The second kappa shape index (κ2) is 9.42. The molecule has 2 aliphatic rings. The fourth-order valence-electron chi connectivity index (χ4n) is 5.60. The third-order valence-corrected chi connectivity index (χ3v) is 10.9. The van der Waals surface area contributed by atoms with Crippen LogP contribution in [0.5, 0.6) is 0 Å². The van der Waals surface area contributed by atoms with Gasteiger partial charge < -0.3 is 15.6 Å². The number of pyridine rings is 1. The zero-order valence-electron chi connectivity index (χ0n) is 20.8. The number of thiophene rings is 1. The number of H-pyrrole nitrogens is 1. The van der Waals surface area contributed by atoms with E-state index < -0.39 is 10.0 Å². The number of aromatic nitrogens is 2. The summed E-state index contributed by atoms with van der Waals surface area (Å²) < 4.78 is 28.5. The molecule has 4 heterocycles. The smallest absolute Gasteiger partial charge is 0.252 e. The number of hydrogen-bond acceptors (Lipinski definition) is 6. The van der Waals surface area contributed by atoms with E-state index in [-0.39, 0.29) is 11.9 Å². The largest absolute Gasteiger partial charge is 0.346 e. The molecule has 0 bridgehead atoms. The molecular weight excluding hydrogens is 530 g/mol. The molecule has 3 aromatic heterocycles. The van der Waals surface area contributed by atoms with Crippen LogP contribution < -0.4 is 10.6 Å². The number of carbonyl (C=O) groups excluding carboxylic acids is 1. The van der Waals surface area contributed by atoms with Crippen molar-refractivity contribution in [3.63, 3.8) is 0 Å². The van der Waals surface area contributed by atoms with Crippen molar-refractivity contribution in [3.05, 3.63) is 95.8 Å². The van der Waals surface area contributed by atoms with Crippen molar-refractivity contribution in [1.82, 2.24) is 24.9 Å². The van der Waals surface area contributed by atoms with Gasteiger partial charge in [0.15, 0.2) is 0 Å². The maximum absolute atomic E-state index is 13.5. The monoisotopic (exact) mass is 555 g/mol. The summed E-state index contributed by atoms with van der Waals surface area (Å²) in [5.74, 6) is -0.180. The fraction of sp³-hybridized carbons (Fsp3) is 0.172. The molecule has 1 saturated heterocycles. The van der Waals surface area contributed by atoms with Crippen LogP contribution in [0.15, 0.2) is 83.3 Å². The fourth-order valence-corrected chi connectivity index (χ4v) is 8.53. The molecule has 1 fully saturated rings. The van der Waals surface area contributed by atoms with Gasteiger partial charge in [-0.15, -0.1) is 11.3 Å². The minimum absolute atomic E-state index is 0.180. The molecule has 7 rings (SSSR count). The van der Waals surface area contributed by atoms with E-state index >= 15 is 0 Å². The van der Waals surface area contributed by atoms with Gasteiger partial charge in [-0.1, -0.05) is 42.5 Å². The number of rotatable bonds is 5.